The Morgan fingerprint density at radius 3 is 2.52 bits per heavy atom. The van der Waals surface area contributed by atoms with Crippen LogP contribution in [0.3, 0.4) is 0 Å². The molecule has 0 amide bonds. The van der Waals surface area contributed by atoms with Gasteiger partial charge in [-0.2, -0.15) is 5.26 Å². The Morgan fingerprint density at radius 1 is 0.848 bits per heavy atom. The predicted molar refractivity (Wildman–Crippen MR) is 126 cm³/mol. The maximum atomic E-state index is 12.7. The molecular formula is C25H17N5O2S. The van der Waals surface area contributed by atoms with E-state index in [1.807, 2.05) is 40.9 Å². The Balaban J connectivity index is 1.52. The number of benzene rings is 2. The summed E-state index contributed by atoms with van der Waals surface area (Å²) in [5.41, 5.74) is 5.00. The van der Waals surface area contributed by atoms with Crippen LogP contribution in [0.5, 0.6) is 0 Å². The molecule has 0 saturated heterocycles. The fourth-order valence-electron chi connectivity index (χ4n) is 3.58. The van der Waals surface area contributed by atoms with Crippen LogP contribution in [0.2, 0.25) is 0 Å². The average molecular weight is 452 g/mol. The summed E-state index contributed by atoms with van der Waals surface area (Å²) in [6.45, 7) is 0. The lowest BCUT2D eigenvalue weighted by Crippen LogP contribution is -2.13. The highest BCUT2D eigenvalue weighted by Gasteiger charge is 2.14. The minimum absolute atomic E-state index is 0.180. The van der Waals surface area contributed by atoms with E-state index in [2.05, 4.69) is 20.8 Å². The molecular weight excluding hydrogens is 434 g/mol. The maximum Gasteiger partial charge on any atom is 0.261 e. The van der Waals surface area contributed by atoms with Crippen molar-refractivity contribution in [3.05, 3.63) is 103 Å². The van der Waals surface area contributed by atoms with Crippen LogP contribution in [-0.2, 0) is 10.0 Å². The highest BCUT2D eigenvalue weighted by Crippen LogP contribution is 2.27. The lowest BCUT2D eigenvalue weighted by molar-refractivity contribution is 0.601. The lowest BCUT2D eigenvalue weighted by Gasteiger charge is -2.10. The maximum absolute atomic E-state index is 12.7. The average Bonchev–Trinajstić information content (AvgIpc) is 3.28. The minimum atomic E-state index is -3.72. The molecule has 0 aliphatic carbocycles. The van der Waals surface area contributed by atoms with Crippen LogP contribution < -0.4 is 4.72 Å². The van der Waals surface area contributed by atoms with Crippen LogP contribution in [0.1, 0.15) is 5.56 Å². The molecule has 0 radical (unpaired) electrons. The van der Waals surface area contributed by atoms with Crippen molar-refractivity contribution < 1.29 is 8.42 Å². The minimum Gasteiger partial charge on any atom is -0.299 e. The van der Waals surface area contributed by atoms with Gasteiger partial charge in [0.1, 0.15) is 5.65 Å². The summed E-state index contributed by atoms with van der Waals surface area (Å²) >= 11 is 0. The number of sulfonamides is 1. The van der Waals surface area contributed by atoms with Gasteiger partial charge in [0.25, 0.3) is 10.0 Å². The summed E-state index contributed by atoms with van der Waals surface area (Å²) in [4.78, 5) is 8.86. The van der Waals surface area contributed by atoms with E-state index in [0.717, 1.165) is 28.0 Å². The van der Waals surface area contributed by atoms with Gasteiger partial charge >= 0.3 is 0 Å². The number of nitriles is 1. The molecule has 3 heterocycles. The van der Waals surface area contributed by atoms with Crippen LogP contribution in [0.25, 0.3) is 28.0 Å². The standard InChI is InChI=1S/C25H17N5O2S/c26-13-18-5-4-6-19(11-18)24-16-28-25-10-9-20(17-30(24)25)21-12-22(15-27-14-21)29-33(31,32)23-7-2-1-3-8-23/h1-12,14-17,29H. The first kappa shape index (κ1) is 20.4. The van der Waals surface area contributed by atoms with Crippen molar-refractivity contribution >= 4 is 21.4 Å². The Bertz CT molecular complexity index is 1620. The first-order valence-corrected chi connectivity index (χ1v) is 11.5. The lowest BCUT2D eigenvalue weighted by atomic mass is 10.1. The molecule has 0 aliphatic heterocycles. The van der Waals surface area contributed by atoms with E-state index in [1.54, 1.807) is 42.7 Å². The summed E-state index contributed by atoms with van der Waals surface area (Å²) in [5, 5.41) is 9.22. The fraction of sp³-hybridized carbons (Fsp3) is 0. The van der Waals surface area contributed by atoms with E-state index in [4.69, 9.17) is 0 Å². The Morgan fingerprint density at radius 2 is 1.70 bits per heavy atom. The third kappa shape index (κ3) is 4.05. The van der Waals surface area contributed by atoms with Crippen molar-refractivity contribution in [2.75, 3.05) is 4.72 Å². The van der Waals surface area contributed by atoms with Gasteiger partial charge in [-0.3, -0.25) is 14.1 Å². The molecule has 3 aromatic heterocycles. The molecule has 1 N–H and O–H groups in total. The Hall–Kier alpha value is -4.48. The Labute approximate surface area is 190 Å². The number of rotatable bonds is 5. The van der Waals surface area contributed by atoms with E-state index >= 15 is 0 Å². The van der Waals surface area contributed by atoms with Gasteiger partial charge in [0.05, 0.1) is 40.3 Å². The summed E-state index contributed by atoms with van der Waals surface area (Å²) in [6, 6.07) is 23.2. The molecule has 160 valence electrons. The number of anilines is 1. The molecule has 33 heavy (non-hydrogen) atoms. The number of fused-ring (bicyclic) bond motifs is 1. The molecule has 0 saturated carbocycles. The van der Waals surface area contributed by atoms with E-state index in [9.17, 15) is 13.7 Å². The molecule has 8 heteroatoms. The molecule has 5 aromatic rings. The summed E-state index contributed by atoms with van der Waals surface area (Å²) in [7, 11) is -3.72. The third-order valence-electron chi connectivity index (χ3n) is 5.17. The van der Waals surface area contributed by atoms with Gasteiger partial charge in [-0.05, 0) is 42.5 Å². The first-order chi connectivity index (χ1) is 16.0. The van der Waals surface area contributed by atoms with Gasteiger partial charge in [0, 0.05) is 29.1 Å². The zero-order valence-electron chi connectivity index (χ0n) is 17.3. The molecule has 0 atom stereocenters. The molecule has 7 nitrogen and oxygen atoms in total. The number of imidazole rings is 1. The molecule has 5 rings (SSSR count). The second-order valence-electron chi connectivity index (χ2n) is 7.36. The number of nitrogens with one attached hydrogen (secondary N) is 1. The van der Waals surface area contributed by atoms with Gasteiger partial charge < -0.3 is 0 Å². The second kappa shape index (κ2) is 8.22. The number of nitrogens with zero attached hydrogens (tertiary/aromatic N) is 4. The zero-order chi connectivity index (χ0) is 22.8. The molecule has 0 aliphatic rings. The van der Waals surface area contributed by atoms with E-state index < -0.39 is 10.0 Å². The molecule has 0 spiro atoms. The zero-order valence-corrected chi connectivity index (χ0v) is 18.1. The first-order valence-electron chi connectivity index (χ1n) is 10.0. The normalized spacial score (nSPS) is 11.2. The molecule has 2 aromatic carbocycles. The number of pyridine rings is 2. The smallest absolute Gasteiger partial charge is 0.261 e. The highest BCUT2D eigenvalue weighted by atomic mass is 32.2. The van der Waals surface area contributed by atoms with E-state index in [1.165, 1.54) is 18.3 Å². The SMILES string of the molecule is N#Cc1cccc(-c2cnc3ccc(-c4cncc(NS(=O)(=O)c5ccccc5)c4)cn23)c1. The van der Waals surface area contributed by atoms with Gasteiger partial charge in [-0.25, -0.2) is 13.4 Å². The molecule has 0 unspecified atom stereocenters. The quantitative estimate of drug-likeness (QED) is 0.416. The molecule has 0 fully saturated rings. The van der Waals surface area contributed by atoms with Crippen LogP contribution in [0.15, 0.2) is 102 Å². The fourth-order valence-corrected chi connectivity index (χ4v) is 4.64. The number of hydrogen-bond acceptors (Lipinski definition) is 5. The topological polar surface area (TPSA) is 100 Å². The van der Waals surface area contributed by atoms with Gasteiger partial charge in [0.15, 0.2) is 0 Å². The van der Waals surface area contributed by atoms with Crippen molar-refractivity contribution in [2.24, 2.45) is 0 Å². The van der Waals surface area contributed by atoms with Gasteiger partial charge in [-0.15, -0.1) is 0 Å². The van der Waals surface area contributed by atoms with E-state index in [-0.39, 0.29) is 4.90 Å². The van der Waals surface area contributed by atoms with Crippen LogP contribution >= 0.6 is 0 Å². The summed E-state index contributed by atoms with van der Waals surface area (Å²) < 4.78 is 29.9. The van der Waals surface area contributed by atoms with E-state index in [0.29, 0.717) is 11.3 Å². The highest BCUT2D eigenvalue weighted by molar-refractivity contribution is 7.92. The van der Waals surface area contributed by atoms with Crippen LogP contribution in [-0.4, -0.2) is 22.8 Å². The second-order valence-corrected chi connectivity index (χ2v) is 9.05. The number of hydrogen-bond donors (Lipinski definition) is 1. The Kier molecular flexibility index (Phi) is 5.09. The summed E-state index contributed by atoms with van der Waals surface area (Å²) in [6.07, 6.45) is 6.83. The van der Waals surface area contributed by atoms with Crippen molar-refractivity contribution in [1.29, 1.82) is 5.26 Å². The third-order valence-corrected chi connectivity index (χ3v) is 6.57. The predicted octanol–water partition coefficient (Wildman–Crippen LogP) is 4.74. The molecule has 0 bridgehead atoms. The van der Waals surface area contributed by atoms with Gasteiger partial charge in [0.2, 0.25) is 0 Å². The van der Waals surface area contributed by atoms with Crippen molar-refractivity contribution in [1.82, 2.24) is 14.4 Å². The van der Waals surface area contributed by atoms with Crippen molar-refractivity contribution in [3.63, 3.8) is 0 Å². The summed E-state index contributed by atoms with van der Waals surface area (Å²) in [5.74, 6) is 0. The van der Waals surface area contributed by atoms with Crippen LogP contribution in [0.4, 0.5) is 5.69 Å². The number of aromatic nitrogens is 3. The van der Waals surface area contributed by atoms with Gasteiger partial charge in [-0.1, -0.05) is 30.3 Å². The monoisotopic (exact) mass is 451 g/mol. The largest absolute Gasteiger partial charge is 0.299 e. The van der Waals surface area contributed by atoms with Crippen molar-refractivity contribution in [3.8, 4) is 28.5 Å². The van der Waals surface area contributed by atoms with Crippen molar-refractivity contribution in [2.45, 2.75) is 4.90 Å². The van der Waals surface area contributed by atoms with Crippen LogP contribution in [0, 0.1) is 11.3 Å².